The van der Waals surface area contributed by atoms with E-state index in [2.05, 4.69) is 33.9 Å². The summed E-state index contributed by atoms with van der Waals surface area (Å²) in [7, 11) is 0. The Morgan fingerprint density at radius 2 is 1.76 bits per heavy atom. The highest BCUT2D eigenvalue weighted by molar-refractivity contribution is 9.10. The summed E-state index contributed by atoms with van der Waals surface area (Å²) in [5.41, 5.74) is 4.24. The van der Waals surface area contributed by atoms with Gasteiger partial charge in [0.15, 0.2) is 5.13 Å². The van der Waals surface area contributed by atoms with Gasteiger partial charge < -0.3 is 5.11 Å². The van der Waals surface area contributed by atoms with Crippen LogP contribution in [-0.2, 0) is 16.0 Å². The third-order valence-corrected chi connectivity index (χ3v) is 7.56. The molecule has 170 valence electrons. The Morgan fingerprint density at radius 1 is 1.06 bits per heavy atom. The third-order valence-electron chi connectivity index (χ3n) is 6.01. The lowest BCUT2D eigenvalue weighted by Gasteiger charge is -2.23. The molecule has 34 heavy (non-hydrogen) atoms. The van der Waals surface area contributed by atoms with E-state index < -0.39 is 17.7 Å². The number of fused-ring (bicyclic) bond motifs is 1. The number of anilines is 1. The molecule has 1 unspecified atom stereocenters. The van der Waals surface area contributed by atoms with E-state index in [0.29, 0.717) is 16.3 Å². The van der Waals surface area contributed by atoms with E-state index in [1.165, 1.54) is 21.8 Å². The van der Waals surface area contributed by atoms with Crippen molar-refractivity contribution in [2.75, 3.05) is 4.90 Å². The van der Waals surface area contributed by atoms with E-state index >= 15 is 0 Å². The molecular formula is C27H21BrN2O3S. The fourth-order valence-electron chi connectivity index (χ4n) is 4.14. The lowest BCUT2D eigenvalue weighted by Crippen LogP contribution is -2.29. The number of halogens is 1. The number of hydrogen-bond acceptors (Lipinski definition) is 5. The standard InChI is InChI=1S/C27H21BrN2O3S/c1-3-16-6-13-20-21(14-16)34-27(29-20)30-23(17-9-11-19(28)12-10-17)22(25(32)26(30)33)24(31)18-7-4-15(2)5-8-18/h4-14,23,31H,3H2,1-2H3/b24-22+. The number of amides is 1. The van der Waals surface area contributed by atoms with Gasteiger partial charge in [0.05, 0.1) is 21.8 Å². The molecule has 1 amide bonds. The highest BCUT2D eigenvalue weighted by Crippen LogP contribution is 2.44. The quantitative estimate of drug-likeness (QED) is 0.183. The number of rotatable bonds is 4. The van der Waals surface area contributed by atoms with Gasteiger partial charge in [0.1, 0.15) is 5.76 Å². The number of carbonyl (C=O) groups is 2. The molecule has 5 nitrogen and oxygen atoms in total. The molecule has 1 aromatic heterocycles. The highest BCUT2D eigenvalue weighted by Gasteiger charge is 2.48. The number of benzene rings is 3. The number of nitrogens with zero attached hydrogens (tertiary/aromatic N) is 2. The molecule has 0 aliphatic carbocycles. The minimum absolute atomic E-state index is 0.0599. The van der Waals surface area contributed by atoms with Gasteiger partial charge in [-0.1, -0.05) is 82.2 Å². The number of aromatic nitrogens is 1. The molecule has 1 aliphatic heterocycles. The lowest BCUT2D eigenvalue weighted by molar-refractivity contribution is -0.132. The van der Waals surface area contributed by atoms with Crippen molar-refractivity contribution in [2.24, 2.45) is 0 Å². The summed E-state index contributed by atoms with van der Waals surface area (Å²) in [6.45, 7) is 4.03. The topological polar surface area (TPSA) is 70.5 Å². The van der Waals surface area contributed by atoms with Gasteiger partial charge >= 0.3 is 5.91 Å². The number of Topliss-reactive ketones (excluding diaryl/α,β-unsaturated/α-hetero) is 1. The maximum Gasteiger partial charge on any atom is 0.301 e. The summed E-state index contributed by atoms with van der Waals surface area (Å²) in [4.78, 5) is 32.7. The van der Waals surface area contributed by atoms with E-state index in [1.807, 2.05) is 55.5 Å². The molecule has 0 radical (unpaired) electrons. The molecule has 0 bridgehead atoms. The van der Waals surface area contributed by atoms with Gasteiger partial charge in [-0.15, -0.1) is 0 Å². The number of aryl methyl sites for hydroxylation is 2. The summed E-state index contributed by atoms with van der Waals surface area (Å²) in [5, 5.41) is 11.6. The highest BCUT2D eigenvalue weighted by atomic mass is 79.9. The van der Waals surface area contributed by atoms with Crippen LogP contribution in [-0.4, -0.2) is 21.8 Å². The van der Waals surface area contributed by atoms with E-state index in [4.69, 9.17) is 0 Å². The minimum atomic E-state index is -0.791. The second-order valence-electron chi connectivity index (χ2n) is 8.24. The molecule has 7 heteroatoms. The van der Waals surface area contributed by atoms with Crippen LogP contribution >= 0.6 is 27.3 Å². The second-order valence-corrected chi connectivity index (χ2v) is 10.2. The maximum absolute atomic E-state index is 13.3. The van der Waals surface area contributed by atoms with Crippen molar-refractivity contribution < 1.29 is 14.7 Å². The Balaban J connectivity index is 1.71. The molecule has 4 aromatic rings. The summed E-state index contributed by atoms with van der Waals surface area (Å²) in [6.07, 6.45) is 0.892. The van der Waals surface area contributed by atoms with Crippen LogP contribution in [0, 0.1) is 6.92 Å². The molecular weight excluding hydrogens is 512 g/mol. The number of carbonyl (C=O) groups excluding carboxylic acids is 2. The van der Waals surface area contributed by atoms with Gasteiger partial charge in [0, 0.05) is 10.0 Å². The van der Waals surface area contributed by atoms with Crippen LogP contribution in [0.3, 0.4) is 0 Å². The van der Waals surface area contributed by atoms with Crippen LogP contribution in [0.15, 0.2) is 76.8 Å². The van der Waals surface area contributed by atoms with Crippen molar-refractivity contribution in [3.8, 4) is 0 Å². The third kappa shape index (κ3) is 3.85. The Labute approximate surface area is 209 Å². The van der Waals surface area contributed by atoms with Crippen molar-refractivity contribution in [3.05, 3.63) is 99.0 Å². The molecule has 0 saturated carbocycles. The van der Waals surface area contributed by atoms with E-state index in [1.54, 1.807) is 12.1 Å². The van der Waals surface area contributed by atoms with Gasteiger partial charge in [-0.05, 0) is 48.7 Å². The first kappa shape index (κ1) is 22.5. The number of aliphatic hydroxyl groups excluding tert-OH is 1. The normalized spacial score (nSPS) is 17.6. The predicted octanol–water partition coefficient (Wildman–Crippen LogP) is 6.56. The second kappa shape index (κ2) is 8.81. The molecule has 5 rings (SSSR count). The molecule has 3 aromatic carbocycles. The average molecular weight is 533 g/mol. The summed E-state index contributed by atoms with van der Waals surface area (Å²) >= 11 is 4.81. The Hall–Kier alpha value is -3.29. The predicted molar refractivity (Wildman–Crippen MR) is 139 cm³/mol. The minimum Gasteiger partial charge on any atom is -0.507 e. The summed E-state index contributed by atoms with van der Waals surface area (Å²) in [5.74, 6) is -1.61. The van der Waals surface area contributed by atoms with Crippen LogP contribution in [0.4, 0.5) is 5.13 Å². The summed E-state index contributed by atoms with van der Waals surface area (Å²) < 4.78 is 1.82. The van der Waals surface area contributed by atoms with E-state index in [9.17, 15) is 14.7 Å². The molecule has 0 spiro atoms. The fourth-order valence-corrected chi connectivity index (χ4v) is 5.46. The lowest BCUT2D eigenvalue weighted by atomic mass is 9.95. The van der Waals surface area contributed by atoms with Crippen LogP contribution in [0.5, 0.6) is 0 Å². The number of hydrogen-bond donors (Lipinski definition) is 1. The van der Waals surface area contributed by atoms with Gasteiger partial charge in [0.2, 0.25) is 0 Å². The van der Waals surface area contributed by atoms with Gasteiger partial charge in [-0.3, -0.25) is 14.5 Å². The number of aliphatic hydroxyl groups is 1. The molecule has 1 N–H and O–H groups in total. The first-order valence-electron chi connectivity index (χ1n) is 10.9. The first-order valence-corrected chi connectivity index (χ1v) is 12.5. The van der Waals surface area contributed by atoms with Crippen molar-refractivity contribution in [3.63, 3.8) is 0 Å². The Bertz CT molecular complexity index is 1460. The maximum atomic E-state index is 13.3. The van der Waals surface area contributed by atoms with Crippen molar-refractivity contribution in [2.45, 2.75) is 26.3 Å². The largest absolute Gasteiger partial charge is 0.507 e. The summed E-state index contributed by atoms with van der Waals surface area (Å²) in [6, 6.07) is 19.8. The number of ketones is 1. The molecule has 1 fully saturated rings. The first-order chi connectivity index (χ1) is 16.4. The van der Waals surface area contributed by atoms with Crippen molar-refractivity contribution >= 4 is 60.1 Å². The molecule has 1 saturated heterocycles. The molecule has 2 heterocycles. The smallest absolute Gasteiger partial charge is 0.301 e. The van der Waals surface area contributed by atoms with Gasteiger partial charge in [0.25, 0.3) is 5.78 Å². The fraction of sp³-hybridized carbons (Fsp3) is 0.148. The molecule has 1 aliphatic rings. The van der Waals surface area contributed by atoms with E-state index in [0.717, 1.165) is 26.7 Å². The zero-order chi connectivity index (χ0) is 24.0. The zero-order valence-corrected chi connectivity index (χ0v) is 21.0. The SMILES string of the molecule is CCc1ccc2nc(N3C(=O)C(=O)/C(=C(/O)c4ccc(C)cc4)C3c3ccc(Br)cc3)sc2c1. The zero-order valence-electron chi connectivity index (χ0n) is 18.6. The van der Waals surface area contributed by atoms with Crippen molar-refractivity contribution in [1.29, 1.82) is 0 Å². The van der Waals surface area contributed by atoms with Crippen LogP contribution in [0.1, 0.15) is 35.2 Å². The van der Waals surface area contributed by atoms with Gasteiger partial charge in [-0.2, -0.15) is 0 Å². The number of thiazole rings is 1. The van der Waals surface area contributed by atoms with Crippen LogP contribution < -0.4 is 4.90 Å². The van der Waals surface area contributed by atoms with Crippen molar-refractivity contribution in [1.82, 2.24) is 4.98 Å². The molecule has 1 atom stereocenters. The Morgan fingerprint density at radius 3 is 2.44 bits per heavy atom. The Kier molecular flexibility index (Phi) is 5.83. The van der Waals surface area contributed by atoms with Crippen LogP contribution in [0.2, 0.25) is 0 Å². The van der Waals surface area contributed by atoms with Gasteiger partial charge in [-0.25, -0.2) is 4.98 Å². The monoisotopic (exact) mass is 532 g/mol. The average Bonchev–Trinajstić information content (AvgIpc) is 3.37. The van der Waals surface area contributed by atoms with Crippen LogP contribution in [0.25, 0.3) is 16.0 Å². The van der Waals surface area contributed by atoms with E-state index in [-0.39, 0.29) is 11.3 Å².